The number of hydrogen-bond donors (Lipinski definition) is 1. The second kappa shape index (κ2) is 5.09. The number of aromatic nitrogens is 4. The van der Waals surface area contributed by atoms with Crippen LogP contribution in [0.2, 0.25) is 0 Å². The molecule has 0 aliphatic rings. The molecule has 2 aromatic rings. The van der Waals surface area contributed by atoms with Crippen molar-refractivity contribution in [1.29, 1.82) is 0 Å². The van der Waals surface area contributed by atoms with E-state index in [1.54, 1.807) is 6.92 Å². The summed E-state index contributed by atoms with van der Waals surface area (Å²) in [7, 11) is 0. The molecular weight excluding hydrogens is 258 g/mol. The van der Waals surface area contributed by atoms with Crippen molar-refractivity contribution >= 4 is 5.97 Å². The summed E-state index contributed by atoms with van der Waals surface area (Å²) in [5.74, 6) is -2.35. The van der Waals surface area contributed by atoms with E-state index in [1.807, 2.05) is 0 Å². The molecule has 0 aliphatic carbocycles. The fourth-order valence-electron chi connectivity index (χ4n) is 1.68. The maximum atomic E-state index is 13.6. The maximum absolute atomic E-state index is 13.6. The van der Waals surface area contributed by atoms with Crippen LogP contribution >= 0.6 is 0 Å². The fourth-order valence-corrected chi connectivity index (χ4v) is 1.68. The Morgan fingerprint density at radius 3 is 2.89 bits per heavy atom. The van der Waals surface area contributed by atoms with E-state index < -0.39 is 23.6 Å². The molecule has 0 saturated carbocycles. The lowest BCUT2D eigenvalue weighted by Gasteiger charge is -2.11. The summed E-state index contributed by atoms with van der Waals surface area (Å²) in [5.41, 5.74) is -0.109. The zero-order valence-electron chi connectivity index (χ0n) is 9.92. The molecule has 8 heteroatoms. The van der Waals surface area contributed by atoms with Gasteiger partial charge < -0.3 is 5.11 Å². The number of carboxylic acids is 1. The van der Waals surface area contributed by atoms with Crippen molar-refractivity contribution in [2.24, 2.45) is 0 Å². The van der Waals surface area contributed by atoms with Crippen molar-refractivity contribution in [3.05, 3.63) is 29.8 Å². The number of tetrazole rings is 1. The zero-order valence-corrected chi connectivity index (χ0v) is 9.92. The van der Waals surface area contributed by atoms with Crippen LogP contribution in [0.4, 0.5) is 8.78 Å². The summed E-state index contributed by atoms with van der Waals surface area (Å²) >= 11 is 0. The summed E-state index contributed by atoms with van der Waals surface area (Å²) < 4.78 is 27.9. The van der Waals surface area contributed by atoms with Gasteiger partial charge in [-0.2, -0.15) is 0 Å². The minimum atomic E-state index is -1.03. The number of aliphatic carboxylic acids is 1. The molecule has 1 atom stereocenters. The van der Waals surface area contributed by atoms with Gasteiger partial charge >= 0.3 is 5.97 Å². The first kappa shape index (κ1) is 13.1. The van der Waals surface area contributed by atoms with Crippen LogP contribution in [0.15, 0.2) is 18.2 Å². The van der Waals surface area contributed by atoms with Gasteiger partial charge in [0.1, 0.15) is 11.6 Å². The minimum Gasteiger partial charge on any atom is -0.481 e. The molecule has 0 spiro atoms. The first-order chi connectivity index (χ1) is 8.99. The molecule has 2 rings (SSSR count). The molecule has 0 saturated heterocycles. The van der Waals surface area contributed by atoms with Crippen molar-refractivity contribution < 1.29 is 18.7 Å². The Bertz CT molecular complexity index is 614. The van der Waals surface area contributed by atoms with Crippen molar-refractivity contribution in [2.75, 3.05) is 0 Å². The standard InChI is InChI=1S/C11H10F2N4O2/c1-6(4-10(18)19)17-11(14-15-16-17)8-5-7(12)2-3-9(8)13/h2-3,5-6H,4H2,1H3,(H,18,19). The molecule has 0 radical (unpaired) electrons. The summed E-state index contributed by atoms with van der Waals surface area (Å²) in [6, 6.07) is 2.33. The number of nitrogens with zero attached hydrogens (tertiary/aromatic N) is 4. The Kier molecular flexibility index (Phi) is 3.50. The number of benzene rings is 1. The Morgan fingerprint density at radius 1 is 1.47 bits per heavy atom. The van der Waals surface area contributed by atoms with Crippen LogP contribution in [0.25, 0.3) is 11.4 Å². The van der Waals surface area contributed by atoms with Crippen LogP contribution in [0.3, 0.4) is 0 Å². The molecule has 100 valence electrons. The SMILES string of the molecule is CC(CC(=O)O)n1nnnc1-c1cc(F)ccc1F. The Hall–Kier alpha value is -2.38. The van der Waals surface area contributed by atoms with Crippen molar-refractivity contribution in [3.8, 4) is 11.4 Å². The lowest BCUT2D eigenvalue weighted by molar-refractivity contribution is -0.137. The average Bonchev–Trinajstić information content (AvgIpc) is 2.80. The minimum absolute atomic E-state index is 0.00856. The average molecular weight is 268 g/mol. The first-order valence-corrected chi connectivity index (χ1v) is 5.44. The highest BCUT2D eigenvalue weighted by Gasteiger charge is 2.19. The number of carboxylic acid groups (broad SMARTS) is 1. The summed E-state index contributed by atoms with van der Waals surface area (Å²) in [5, 5.41) is 19.3. The van der Waals surface area contributed by atoms with Gasteiger partial charge in [0.15, 0.2) is 5.82 Å². The quantitative estimate of drug-likeness (QED) is 0.911. The molecule has 1 unspecified atom stereocenters. The molecular formula is C11H10F2N4O2. The van der Waals surface area contributed by atoms with Gasteiger partial charge in [0, 0.05) is 0 Å². The van der Waals surface area contributed by atoms with Gasteiger partial charge in [-0.1, -0.05) is 0 Å². The lowest BCUT2D eigenvalue weighted by Crippen LogP contribution is -2.13. The smallest absolute Gasteiger partial charge is 0.305 e. The van der Waals surface area contributed by atoms with Gasteiger partial charge in [0.2, 0.25) is 0 Å². The van der Waals surface area contributed by atoms with Gasteiger partial charge in [0.25, 0.3) is 0 Å². The summed E-state index contributed by atoms with van der Waals surface area (Å²) in [4.78, 5) is 10.7. The third kappa shape index (κ3) is 2.72. The molecule has 0 bridgehead atoms. The van der Waals surface area contributed by atoms with E-state index in [0.29, 0.717) is 0 Å². The molecule has 19 heavy (non-hydrogen) atoms. The van der Waals surface area contributed by atoms with Crippen LogP contribution in [-0.4, -0.2) is 31.3 Å². The Morgan fingerprint density at radius 2 is 2.21 bits per heavy atom. The van der Waals surface area contributed by atoms with E-state index in [4.69, 9.17) is 5.11 Å². The highest BCUT2D eigenvalue weighted by molar-refractivity contribution is 5.67. The van der Waals surface area contributed by atoms with E-state index in [2.05, 4.69) is 15.5 Å². The van der Waals surface area contributed by atoms with Crippen molar-refractivity contribution in [1.82, 2.24) is 20.2 Å². The Balaban J connectivity index is 2.44. The van der Waals surface area contributed by atoms with Crippen LogP contribution in [0, 0.1) is 11.6 Å². The number of hydrogen-bond acceptors (Lipinski definition) is 4. The lowest BCUT2D eigenvalue weighted by atomic mass is 10.1. The number of rotatable bonds is 4. The van der Waals surface area contributed by atoms with E-state index in [0.717, 1.165) is 22.9 Å². The second-order valence-electron chi connectivity index (χ2n) is 4.02. The molecule has 6 nitrogen and oxygen atoms in total. The van der Waals surface area contributed by atoms with Gasteiger partial charge in [-0.3, -0.25) is 4.79 Å². The van der Waals surface area contributed by atoms with Gasteiger partial charge in [-0.25, -0.2) is 13.5 Å². The van der Waals surface area contributed by atoms with Gasteiger partial charge in [-0.05, 0) is 35.5 Å². The van der Waals surface area contributed by atoms with E-state index in [-0.39, 0.29) is 17.8 Å². The predicted octanol–water partition coefficient (Wildman–Crippen LogP) is 1.65. The first-order valence-electron chi connectivity index (χ1n) is 5.44. The summed E-state index contributed by atoms with van der Waals surface area (Å²) in [6.45, 7) is 1.57. The van der Waals surface area contributed by atoms with Crippen LogP contribution in [-0.2, 0) is 4.79 Å². The van der Waals surface area contributed by atoms with Crippen molar-refractivity contribution in [2.45, 2.75) is 19.4 Å². The summed E-state index contributed by atoms with van der Waals surface area (Å²) in [6.07, 6.45) is -0.227. The van der Waals surface area contributed by atoms with Crippen molar-refractivity contribution in [3.63, 3.8) is 0 Å². The van der Waals surface area contributed by atoms with Crippen LogP contribution in [0.5, 0.6) is 0 Å². The highest BCUT2D eigenvalue weighted by atomic mass is 19.1. The molecule has 0 fully saturated rings. The van der Waals surface area contributed by atoms with Crippen LogP contribution in [0.1, 0.15) is 19.4 Å². The topological polar surface area (TPSA) is 80.9 Å². The normalized spacial score (nSPS) is 12.4. The van der Waals surface area contributed by atoms with E-state index in [9.17, 15) is 13.6 Å². The third-order valence-electron chi connectivity index (χ3n) is 2.55. The monoisotopic (exact) mass is 268 g/mol. The predicted molar refractivity (Wildman–Crippen MR) is 60.1 cm³/mol. The largest absolute Gasteiger partial charge is 0.481 e. The number of halogens is 2. The number of carbonyl (C=O) groups is 1. The molecule has 1 heterocycles. The molecule has 1 aromatic heterocycles. The highest BCUT2D eigenvalue weighted by Crippen LogP contribution is 2.24. The molecule has 0 amide bonds. The second-order valence-corrected chi connectivity index (χ2v) is 4.02. The van der Waals surface area contributed by atoms with E-state index in [1.165, 1.54) is 0 Å². The molecule has 0 aliphatic heterocycles. The van der Waals surface area contributed by atoms with Crippen LogP contribution < -0.4 is 0 Å². The molecule has 1 aromatic carbocycles. The maximum Gasteiger partial charge on any atom is 0.305 e. The fraction of sp³-hybridized carbons (Fsp3) is 0.273. The van der Waals surface area contributed by atoms with Gasteiger partial charge in [0.05, 0.1) is 18.0 Å². The Labute approximate surface area is 106 Å². The third-order valence-corrected chi connectivity index (χ3v) is 2.55. The van der Waals surface area contributed by atoms with E-state index >= 15 is 0 Å². The van der Waals surface area contributed by atoms with Gasteiger partial charge in [-0.15, -0.1) is 5.10 Å². The zero-order chi connectivity index (χ0) is 14.0. The molecule has 1 N–H and O–H groups in total.